The van der Waals surface area contributed by atoms with Crippen molar-refractivity contribution in [3.63, 3.8) is 0 Å². The minimum atomic E-state index is -0.00775. The molecule has 0 radical (unpaired) electrons. The topological polar surface area (TPSA) is 30.5 Å². The summed E-state index contributed by atoms with van der Waals surface area (Å²) in [5, 5.41) is 3.50. The van der Waals surface area contributed by atoms with E-state index in [2.05, 4.69) is 18.3 Å². The molecule has 1 aliphatic heterocycles. The van der Waals surface area contributed by atoms with E-state index in [4.69, 9.17) is 9.47 Å². The zero-order valence-electron chi connectivity index (χ0n) is 9.71. The second-order valence-corrected chi connectivity index (χ2v) is 4.36. The van der Waals surface area contributed by atoms with E-state index in [9.17, 15) is 0 Å². The van der Waals surface area contributed by atoms with Crippen LogP contribution < -0.4 is 5.32 Å². The van der Waals surface area contributed by atoms with Crippen LogP contribution in [-0.2, 0) is 9.47 Å². The van der Waals surface area contributed by atoms with Crippen molar-refractivity contribution in [1.29, 1.82) is 0 Å². The van der Waals surface area contributed by atoms with E-state index in [1.54, 1.807) is 0 Å². The summed E-state index contributed by atoms with van der Waals surface area (Å²) in [5.41, 5.74) is -0.00775. The van der Waals surface area contributed by atoms with Gasteiger partial charge >= 0.3 is 0 Å². The summed E-state index contributed by atoms with van der Waals surface area (Å²) in [4.78, 5) is 0. The molecule has 0 spiro atoms. The Balaban J connectivity index is 2.10. The van der Waals surface area contributed by atoms with Crippen LogP contribution in [0.5, 0.6) is 0 Å². The molecule has 1 N–H and O–H groups in total. The van der Waals surface area contributed by atoms with E-state index in [-0.39, 0.29) is 11.6 Å². The SMILES string of the molecule is CCNC(C1=CCCO1)C1(OC)CCC1. The van der Waals surface area contributed by atoms with Crippen LogP contribution in [-0.4, -0.2) is 31.9 Å². The van der Waals surface area contributed by atoms with Gasteiger partial charge < -0.3 is 14.8 Å². The van der Waals surface area contributed by atoms with Gasteiger partial charge in [0.1, 0.15) is 5.76 Å². The largest absolute Gasteiger partial charge is 0.496 e. The Kier molecular flexibility index (Phi) is 3.32. The third kappa shape index (κ3) is 1.91. The van der Waals surface area contributed by atoms with Crippen LogP contribution in [0.1, 0.15) is 32.6 Å². The lowest BCUT2D eigenvalue weighted by Gasteiger charge is -2.46. The van der Waals surface area contributed by atoms with Gasteiger partial charge in [-0.15, -0.1) is 0 Å². The first kappa shape index (κ1) is 11.0. The first-order valence-corrected chi connectivity index (χ1v) is 5.94. The fourth-order valence-corrected chi connectivity index (χ4v) is 2.52. The Morgan fingerprint density at radius 3 is 2.80 bits per heavy atom. The van der Waals surface area contributed by atoms with Crippen molar-refractivity contribution in [1.82, 2.24) is 5.32 Å². The van der Waals surface area contributed by atoms with Crippen LogP contribution in [0.4, 0.5) is 0 Å². The molecular formula is C12H21NO2. The molecule has 2 aliphatic rings. The van der Waals surface area contributed by atoms with Crippen molar-refractivity contribution in [3.05, 3.63) is 11.8 Å². The monoisotopic (exact) mass is 211 g/mol. The molecule has 0 aromatic heterocycles. The van der Waals surface area contributed by atoms with E-state index in [0.29, 0.717) is 0 Å². The summed E-state index contributed by atoms with van der Waals surface area (Å²) >= 11 is 0. The predicted molar refractivity (Wildman–Crippen MR) is 59.7 cm³/mol. The number of ether oxygens (including phenoxy) is 2. The molecule has 0 amide bonds. The second kappa shape index (κ2) is 4.54. The van der Waals surface area contributed by atoms with Gasteiger partial charge in [-0.05, 0) is 31.9 Å². The molecule has 1 fully saturated rings. The highest BCUT2D eigenvalue weighted by Crippen LogP contribution is 2.41. The van der Waals surface area contributed by atoms with Crippen molar-refractivity contribution >= 4 is 0 Å². The van der Waals surface area contributed by atoms with Gasteiger partial charge in [-0.2, -0.15) is 0 Å². The molecule has 2 rings (SSSR count). The Labute approximate surface area is 91.8 Å². The van der Waals surface area contributed by atoms with Crippen molar-refractivity contribution in [2.75, 3.05) is 20.3 Å². The van der Waals surface area contributed by atoms with E-state index < -0.39 is 0 Å². The van der Waals surface area contributed by atoms with E-state index >= 15 is 0 Å². The lowest BCUT2D eigenvalue weighted by atomic mass is 9.73. The minimum absolute atomic E-state index is 0.00775. The van der Waals surface area contributed by atoms with E-state index in [0.717, 1.165) is 38.2 Å². The fourth-order valence-electron chi connectivity index (χ4n) is 2.52. The maximum atomic E-state index is 5.72. The zero-order chi connectivity index (χ0) is 10.7. The number of hydrogen-bond acceptors (Lipinski definition) is 3. The van der Waals surface area contributed by atoms with Gasteiger partial charge in [-0.1, -0.05) is 6.92 Å². The van der Waals surface area contributed by atoms with E-state index in [1.807, 2.05) is 7.11 Å². The van der Waals surface area contributed by atoms with Crippen molar-refractivity contribution in [2.45, 2.75) is 44.2 Å². The number of rotatable bonds is 5. The molecular weight excluding hydrogens is 190 g/mol. The van der Waals surface area contributed by atoms with Gasteiger partial charge in [0.25, 0.3) is 0 Å². The summed E-state index contributed by atoms with van der Waals surface area (Å²) in [7, 11) is 1.82. The normalized spacial score (nSPS) is 25.3. The zero-order valence-corrected chi connectivity index (χ0v) is 9.71. The molecule has 0 aromatic rings. The third-order valence-corrected chi connectivity index (χ3v) is 3.56. The molecule has 3 nitrogen and oxygen atoms in total. The average molecular weight is 211 g/mol. The van der Waals surface area contributed by atoms with Gasteiger partial charge in [-0.25, -0.2) is 0 Å². The molecule has 1 aliphatic carbocycles. The van der Waals surface area contributed by atoms with Crippen molar-refractivity contribution in [3.8, 4) is 0 Å². The van der Waals surface area contributed by atoms with Crippen LogP contribution in [0.15, 0.2) is 11.8 Å². The maximum Gasteiger partial charge on any atom is 0.112 e. The fraction of sp³-hybridized carbons (Fsp3) is 0.833. The first-order valence-electron chi connectivity index (χ1n) is 5.94. The first-order chi connectivity index (χ1) is 7.32. The molecule has 0 bridgehead atoms. The minimum Gasteiger partial charge on any atom is -0.496 e. The lowest BCUT2D eigenvalue weighted by Crippen LogP contribution is -2.57. The van der Waals surface area contributed by atoms with Crippen molar-refractivity contribution < 1.29 is 9.47 Å². The predicted octanol–water partition coefficient (Wildman–Crippen LogP) is 1.84. The quantitative estimate of drug-likeness (QED) is 0.752. The maximum absolute atomic E-state index is 5.72. The third-order valence-electron chi connectivity index (χ3n) is 3.56. The average Bonchev–Trinajstić information content (AvgIpc) is 2.68. The summed E-state index contributed by atoms with van der Waals surface area (Å²) < 4.78 is 11.4. The van der Waals surface area contributed by atoms with Crippen LogP contribution in [0.2, 0.25) is 0 Å². The molecule has 15 heavy (non-hydrogen) atoms. The Bertz CT molecular complexity index is 240. The standard InChI is InChI=1S/C12H21NO2/c1-3-13-11(10-6-4-9-15-10)12(14-2)7-5-8-12/h6,11,13H,3-5,7-9H2,1-2H3. The number of likely N-dealkylation sites (N-methyl/N-ethyl adjacent to an activating group) is 1. The molecule has 1 atom stereocenters. The number of nitrogens with one attached hydrogen (secondary N) is 1. The Hall–Kier alpha value is -0.540. The van der Waals surface area contributed by atoms with Gasteiger partial charge in [0.05, 0.1) is 18.2 Å². The molecule has 0 aromatic carbocycles. The van der Waals surface area contributed by atoms with Crippen LogP contribution in [0.25, 0.3) is 0 Å². The highest BCUT2D eigenvalue weighted by molar-refractivity contribution is 5.17. The van der Waals surface area contributed by atoms with E-state index in [1.165, 1.54) is 6.42 Å². The molecule has 3 heteroatoms. The number of hydrogen-bond donors (Lipinski definition) is 1. The summed E-state index contributed by atoms with van der Waals surface area (Å²) in [6.45, 7) is 3.91. The molecule has 1 heterocycles. The Morgan fingerprint density at radius 2 is 2.40 bits per heavy atom. The van der Waals surface area contributed by atoms with Crippen LogP contribution in [0, 0.1) is 0 Å². The Morgan fingerprint density at radius 1 is 1.60 bits per heavy atom. The summed E-state index contributed by atoms with van der Waals surface area (Å²) in [5.74, 6) is 1.10. The molecule has 86 valence electrons. The molecule has 1 unspecified atom stereocenters. The smallest absolute Gasteiger partial charge is 0.112 e. The van der Waals surface area contributed by atoms with Gasteiger partial charge in [0.2, 0.25) is 0 Å². The highest BCUT2D eigenvalue weighted by Gasteiger charge is 2.46. The summed E-state index contributed by atoms with van der Waals surface area (Å²) in [6.07, 6.45) is 6.79. The van der Waals surface area contributed by atoms with Gasteiger partial charge in [-0.3, -0.25) is 0 Å². The van der Waals surface area contributed by atoms with Crippen LogP contribution >= 0.6 is 0 Å². The molecule has 0 saturated heterocycles. The molecule has 1 saturated carbocycles. The second-order valence-electron chi connectivity index (χ2n) is 4.36. The lowest BCUT2D eigenvalue weighted by molar-refractivity contribution is -0.0981. The summed E-state index contributed by atoms with van der Waals surface area (Å²) in [6, 6.07) is 0.253. The highest BCUT2D eigenvalue weighted by atomic mass is 16.5. The van der Waals surface area contributed by atoms with Crippen LogP contribution in [0.3, 0.4) is 0 Å². The van der Waals surface area contributed by atoms with Gasteiger partial charge in [0, 0.05) is 13.5 Å². The van der Waals surface area contributed by atoms with Crippen molar-refractivity contribution in [2.24, 2.45) is 0 Å². The van der Waals surface area contributed by atoms with Gasteiger partial charge in [0.15, 0.2) is 0 Å². The number of methoxy groups -OCH3 is 1.